The van der Waals surface area contributed by atoms with Gasteiger partial charge in [0, 0.05) is 6.42 Å². The molecular weight excluding hydrogens is 200 g/mol. The minimum atomic E-state index is -0.0595. The van der Waals surface area contributed by atoms with Gasteiger partial charge in [0.2, 0.25) is 0 Å². The van der Waals surface area contributed by atoms with E-state index < -0.39 is 0 Å². The summed E-state index contributed by atoms with van der Waals surface area (Å²) in [6, 6.07) is 10.1. The molecule has 0 N–H and O–H groups in total. The average molecular weight is 216 g/mol. The van der Waals surface area contributed by atoms with Gasteiger partial charge in [-0.3, -0.25) is 4.79 Å². The second-order valence-corrected chi connectivity index (χ2v) is 4.21. The fourth-order valence-corrected chi connectivity index (χ4v) is 2.12. The van der Waals surface area contributed by atoms with Crippen molar-refractivity contribution in [2.45, 2.75) is 25.4 Å². The van der Waals surface area contributed by atoms with Crippen LogP contribution in [0.3, 0.4) is 0 Å². The molecule has 0 aliphatic carbocycles. The quantitative estimate of drug-likeness (QED) is 0.571. The molecule has 1 fully saturated rings. The molecule has 2 unspecified atom stereocenters. The predicted octanol–water partition coefficient (Wildman–Crippen LogP) is 2.74. The van der Waals surface area contributed by atoms with Crippen LogP contribution in [0.25, 0.3) is 0 Å². The Labute approximate surface area is 95.9 Å². The summed E-state index contributed by atoms with van der Waals surface area (Å²) in [6.45, 7) is 3.67. The summed E-state index contributed by atoms with van der Waals surface area (Å²) in [7, 11) is 0. The second kappa shape index (κ2) is 4.97. The van der Waals surface area contributed by atoms with Gasteiger partial charge < -0.3 is 4.74 Å². The van der Waals surface area contributed by atoms with Crippen molar-refractivity contribution >= 4 is 5.97 Å². The number of carbonyl (C=O) groups excluding carboxylic acids is 1. The molecule has 0 bridgehead atoms. The predicted molar refractivity (Wildman–Crippen MR) is 62.9 cm³/mol. The van der Waals surface area contributed by atoms with Crippen molar-refractivity contribution in [1.29, 1.82) is 0 Å². The van der Waals surface area contributed by atoms with Crippen LogP contribution in [0.2, 0.25) is 0 Å². The highest BCUT2D eigenvalue weighted by Gasteiger charge is 2.33. The molecule has 1 aliphatic rings. The van der Waals surface area contributed by atoms with Crippen molar-refractivity contribution in [3.05, 3.63) is 48.6 Å². The summed E-state index contributed by atoms with van der Waals surface area (Å²) in [5, 5.41) is 0. The molecule has 2 atom stereocenters. The third-order valence-electron chi connectivity index (χ3n) is 2.92. The van der Waals surface area contributed by atoms with Crippen LogP contribution in [0.5, 0.6) is 0 Å². The Morgan fingerprint density at radius 2 is 2.12 bits per heavy atom. The van der Waals surface area contributed by atoms with Crippen molar-refractivity contribution in [3.63, 3.8) is 0 Å². The molecule has 0 saturated carbocycles. The van der Waals surface area contributed by atoms with E-state index in [0.717, 1.165) is 19.3 Å². The lowest BCUT2D eigenvalue weighted by Crippen LogP contribution is -2.10. The third kappa shape index (κ3) is 2.51. The van der Waals surface area contributed by atoms with E-state index in [0.29, 0.717) is 0 Å². The van der Waals surface area contributed by atoms with Crippen LogP contribution in [0.15, 0.2) is 43.0 Å². The first-order valence-corrected chi connectivity index (χ1v) is 5.65. The standard InChI is InChI=1S/C14H16O2/c1-2-6-13-10-12(14(15)16-13)9-11-7-4-3-5-8-11/h2-5,7-8,12-13H,1,6,9-10H2. The maximum absolute atomic E-state index is 11.6. The van der Waals surface area contributed by atoms with Crippen LogP contribution in [-0.4, -0.2) is 12.1 Å². The van der Waals surface area contributed by atoms with Gasteiger partial charge in [-0.05, 0) is 18.4 Å². The lowest BCUT2D eigenvalue weighted by Gasteiger charge is -2.05. The van der Waals surface area contributed by atoms with E-state index in [2.05, 4.69) is 6.58 Å². The first-order valence-electron chi connectivity index (χ1n) is 5.65. The van der Waals surface area contributed by atoms with Crippen LogP contribution < -0.4 is 0 Å². The van der Waals surface area contributed by atoms with Gasteiger partial charge in [0.1, 0.15) is 6.10 Å². The monoisotopic (exact) mass is 216 g/mol. The molecule has 0 aromatic heterocycles. The Bertz CT molecular complexity index is 370. The van der Waals surface area contributed by atoms with Gasteiger partial charge in [0.05, 0.1) is 5.92 Å². The van der Waals surface area contributed by atoms with Crippen LogP contribution in [0.1, 0.15) is 18.4 Å². The zero-order chi connectivity index (χ0) is 11.4. The van der Waals surface area contributed by atoms with E-state index in [4.69, 9.17) is 4.74 Å². The summed E-state index contributed by atoms with van der Waals surface area (Å²) in [6.07, 6.45) is 4.21. The van der Waals surface area contributed by atoms with Gasteiger partial charge in [-0.25, -0.2) is 0 Å². The lowest BCUT2D eigenvalue weighted by molar-refractivity contribution is -0.144. The molecule has 16 heavy (non-hydrogen) atoms. The number of cyclic esters (lactones) is 1. The molecule has 2 rings (SSSR count). The summed E-state index contributed by atoms with van der Waals surface area (Å²) in [5.41, 5.74) is 1.20. The molecule has 1 aromatic carbocycles. The minimum Gasteiger partial charge on any atom is -0.462 e. The average Bonchev–Trinajstić information content (AvgIpc) is 2.61. The Morgan fingerprint density at radius 1 is 1.38 bits per heavy atom. The Morgan fingerprint density at radius 3 is 2.81 bits per heavy atom. The van der Waals surface area contributed by atoms with Gasteiger partial charge in [-0.1, -0.05) is 36.4 Å². The van der Waals surface area contributed by atoms with Crippen LogP contribution in [0, 0.1) is 5.92 Å². The molecule has 2 heteroatoms. The smallest absolute Gasteiger partial charge is 0.309 e. The molecule has 0 amide bonds. The van der Waals surface area contributed by atoms with Gasteiger partial charge in [0.15, 0.2) is 0 Å². The third-order valence-corrected chi connectivity index (χ3v) is 2.92. The van der Waals surface area contributed by atoms with E-state index in [9.17, 15) is 4.79 Å². The second-order valence-electron chi connectivity index (χ2n) is 4.21. The largest absolute Gasteiger partial charge is 0.462 e. The fourth-order valence-electron chi connectivity index (χ4n) is 2.12. The maximum atomic E-state index is 11.6. The molecule has 1 aromatic rings. The molecule has 0 radical (unpaired) electrons. The highest BCUT2D eigenvalue weighted by Crippen LogP contribution is 2.26. The van der Waals surface area contributed by atoms with Gasteiger partial charge in [-0.2, -0.15) is 0 Å². The molecule has 0 spiro atoms. The molecule has 1 heterocycles. The topological polar surface area (TPSA) is 26.3 Å². The zero-order valence-electron chi connectivity index (χ0n) is 9.26. The number of rotatable bonds is 4. The number of hydrogen-bond acceptors (Lipinski definition) is 2. The number of ether oxygens (including phenoxy) is 1. The van der Waals surface area contributed by atoms with Crippen molar-refractivity contribution in [2.24, 2.45) is 5.92 Å². The van der Waals surface area contributed by atoms with Crippen LogP contribution in [-0.2, 0) is 16.0 Å². The SMILES string of the molecule is C=CCC1CC(Cc2ccccc2)C(=O)O1. The number of benzene rings is 1. The minimum absolute atomic E-state index is 0.0207. The van der Waals surface area contributed by atoms with Gasteiger partial charge in [-0.15, -0.1) is 6.58 Å². The Hall–Kier alpha value is -1.57. The van der Waals surface area contributed by atoms with Crippen molar-refractivity contribution < 1.29 is 9.53 Å². The number of carbonyl (C=O) groups is 1. The van der Waals surface area contributed by atoms with Crippen LogP contribution >= 0.6 is 0 Å². The Balaban J connectivity index is 1.96. The summed E-state index contributed by atoms with van der Waals surface area (Å²) in [5.74, 6) is -0.0388. The summed E-state index contributed by atoms with van der Waals surface area (Å²) >= 11 is 0. The normalized spacial score (nSPS) is 24.1. The first kappa shape index (κ1) is 10.9. The highest BCUT2D eigenvalue weighted by molar-refractivity contribution is 5.75. The highest BCUT2D eigenvalue weighted by atomic mass is 16.5. The van der Waals surface area contributed by atoms with E-state index in [1.54, 1.807) is 0 Å². The maximum Gasteiger partial charge on any atom is 0.309 e. The van der Waals surface area contributed by atoms with E-state index in [-0.39, 0.29) is 18.0 Å². The molecule has 1 saturated heterocycles. The molecule has 84 valence electrons. The summed E-state index contributed by atoms with van der Waals surface area (Å²) < 4.78 is 5.28. The molecule has 1 aliphatic heterocycles. The van der Waals surface area contributed by atoms with Gasteiger partial charge >= 0.3 is 5.97 Å². The molecule has 2 nitrogen and oxygen atoms in total. The first-order chi connectivity index (χ1) is 7.79. The Kier molecular flexibility index (Phi) is 3.40. The van der Waals surface area contributed by atoms with Crippen molar-refractivity contribution in [1.82, 2.24) is 0 Å². The zero-order valence-corrected chi connectivity index (χ0v) is 9.26. The molecular formula is C14H16O2. The number of hydrogen-bond donors (Lipinski definition) is 0. The van der Waals surface area contributed by atoms with Gasteiger partial charge in [0.25, 0.3) is 0 Å². The fraction of sp³-hybridized carbons (Fsp3) is 0.357. The van der Waals surface area contributed by atoms with E-state index >= 15 is 0 Å². The lowest BCUT2D eigenvalue weighted by atomic mass is 9.95. The number of esters is 1. The van der Waals surface area contributed by atoms with Crippen molar-refractivity contribution in [3.8, 4) is 0 Å². The van der Waals surface area contributed by atoms with E-state index in [1.165, 1.54) is 5.56 Å². The van der Waals surface area contributed by atoms with Crippen LogP contribution in [0.4, 0.5) is 0 Å². The van der Waals surface area contributed by atoms with Crippen molar-refractivity contribution in [2.75, 3.05) is 0 Å². The summed E-state index contributed by atoms with van der Waals surface area (Å²) in [4.78, 5) is 11.6. The van der Waals surface area contributed by atoms with E-state index in [1.807, 2.05) is 36.4 Å².